The molecule has 0 aliphatic carbocycles. The molecule has 2 nitrogen and oxygen atoms in total. The lowest BCUT2D eigenvalue weighted by Crippen LogP contribution is -2.49. The summed E-state index contributed by atoms with van der Waals surface area (Å²) in [4.78, 5) is 5.53. The van der Waals surface area contributed by atoms with Gasteiger partial charge < -0.3 is 0 Å². The number of hydrogen-bond donors (Lipinski definition) is 0. The zero-order valence-electron chi connectivity index (χ0n) is 18.8. The molecule has 2 heterocycles. The highest BCUT2D eigenvalue weighted by atomic mass is 15.2. The molecule has 152 valence electrons. The number of piperidine rings is 1. The topological polar surface area (TPSA) is 6.48 Å². The Labute approximate surface area is 168 Å². The number of rotatable bonds is 6. The summed E-state index contributed by atoms with van der Waals surface area (Å²) < 4.78 is 0. The molecule has 0 amide bonds. The second kappa shape index (κ2) is 8.66. The van der Waals surface area contributed by atoms with Gasteiger partial charge in [-0.2, -0.15) is 0 Å². The monoisotopic (exact) mass is 370 g/mol. The summed E-state index contributed by atoms with van der Waals surface area (Å²) in [6.07, 6.45) is 4.14. The highest BCUT2D eigenvalue weighted by molar-refractivity contribution is 5.34. The minimum Gasteiger partial charge on any atom is -0.297 e. The van der Waals surface area contributed by atoms with Crippen LogP contribution in [-0.4, -0.2) is 34.5 Å². The molecule has 3 rings (SSSR count). The average molecular weight is 371 g/mol. The maximum atomic E-state index is 2.80. The molecule has 1 saturated heterocycles. The fourth-order valence-electron chi connectivity index (χ4n) is 5.83. The molecule has 27 heavy (non-hydrogen) atoms. The molecular formula is C25H42N2. The fraction of sp³-hybridized carbons (Fsp3) is 0.760. The summed E-state index contributed by atoms with van der Waals surface area (Å²) in [7, 11) is 0. The van der Waals surface area contributed by atoms with Crippen molar-refractivity contribution >= 4 is 0 Å². The van der Waals surface area contributed by atoms with Gasteiger partial charge in [0.2, 0.25) is 0 Å². The van der Waals surface area contributed by atoms with Crippen LogP contribution in [0.15, 0.2) is 24.3 Å². The summed E-state index contributed by atoms with van der Waals surface area (Å²) in [5, 5.41) is 0. The van der Waals surface area contributed by atoms with Gasteiger partial charge in [-0.05, 0) is 75.8 Å². The van der Waals surface area contributed by atoms with Crippen molar-refractivity contribution < 1.29 is 0 Å². The van der Waals surface area contributed by atoms with Gasteiger partial charge >= 0.3 is 0 Å². The van der Waals surface area contributed by atoms with E-state index in [-0.39, 0.29) is 0 Å². The van der Waals surface area contributed by atoms with Crippen LogP contribution in [0.5, 0.6) is 0 Å². The molecule has 4 unspecified atom stereocenters. The van der Waals surface area contributed by atoms with Gasteiger partial charge in [0.25, 0.3) is 0 Å². The first-order valence-corrected chi connectivity index (χ1v) is 11.4. The van der Waals surface area contributed by atoms with Crippen LogP contribution in [0.1, 0.15) is 84.9 Å². The molecule has 0 N–H and O–H groups in total. The molecule has 1 aromatic rings. The van der Waals surface area contributed by atoms with E-state index in [1.165, 1.54) is 25.8 Å². The Bertz CT molecular complexity index is 606. The third-order valence-electron chi connectivity index (χ3n) is 7.19. The van der Waals surface area contributed by atoms with E-state index in [1.807, 2.05) is 0 Å². The molecule has 1 aromatic carbocycles. The van der Waals surface area contributed by atoms with Crippen LogP contribution < -0.4 is 0 Å². The van der Waals surface area contributed by atoms with Crippen molar-refractivity contribution in [1.82, 2.24) is 9.80 Å². The van der Waals surface area contributed by atoms with Gasteiger partial charge in [-0.1, -0.05) is 45.0 Å². The Morgan fingerprint density at radius 3 is 2.19 bits per heavy atom. The number of nitrogens with zero attached hydrogens (tertiary/aromatic N) is 2. The average Bonchev–Trinajstić information content (AvgIpc) is 3.01. The maximum Gasteiger partial charge on any atom is 0.0383 e. The Morgan fingerprint density at radius 1 is 0.889 bits per heavy atom. The van der Waals surface area contributed by atoms with Crippen LogP contribution in [0.25, 0.3) is 0 Å². The quantitative estimate of drug-likeness (QED) is 0.595. The van der Waals surface area contributed by atoms with Crippen molar-refractivity contribution in [3.8, 4) is 0 Å². The van der Waals surface area contributed by atoms with Crippen LogP contribution in [0.4, 0.5) is 0 Å². The smallest absolute Gasteiger partial charge is 0.0383 e. The zero-order chi connectivity index (χ0) is 19.7. The normalized spacial score (nSPS) is 28.3. The maximum absolute atomic E-state index is 2.80. The van der Waals surface area contributed by atoms with E-state index in [4.69, 9.17) is 0 Å². The molecule has 1 fully saturated rings. The molecule has 0 radical (unpaired) electrons. The van der Waals surface area contributed by atoms with E-state index in [0.717, 1.165) is 24.4 Å². The summed E-state index contributed by atoms with van der Waals surface area (Å²) in [5.74, 6) is 2.33. The predicted molar refractivity (Wildman–Crippen MR) is 117 cm³/mol. The molecule has 4 atom stereocenters. The van der Waals surface area contributed by atoms with Crippen LogP contribution in [-0.2, 0) is 6.54 Å². The third kappa shape index (κ3) is 4.43. The van der Waals surface area contributed by atoms with Gasteiger partial charge in [0, 0.05) is 37.3 Å². The van der Waals surface area contributed by atoms with Crippen molar-refractivity contribution in [3.05, 3.63) is 35.4 Å². The second-order valence-corrected chi connectivity index (χ2v) is 10.2. The van der Waals surface area contributed by atoms with Gasteiger partial charge in [-0.25, -0.2) is 0 Å². The predicted octanol–water partition coefficient (Wildman–Crippen LogP) is 6.12. The van der Waals surface area contributed by atoms with Crippen LogP contribution in [0.2, 0.25) is 0 Å². The number of benzene rings is 1. The highest BCUT2D eigenvalue weighted by Gasteiger charge is 2.38. The molecule has 0 aromatic heterocycles. The van der Waals surface area contributed by atoms with Gasteiger partial charge in [0.15, 0.2) is 0 Å². The minimum atomic E-state index is 0.594. The molecule has 2 aliphatic heterocycles. The van der Waals surface area contributed by atoms with E-state index in [2.05, 4.69) is 82.5 Å². The lowest BCUT2D eigenvalue weighted by molar-refractivity contribution is 0.0344. The number of likely N-dealkylation sites (tertiary alicyclic amines) is 1. The third-order valence-corrected chi connectivity index (χ3v) is 7.19. The van der Waals surface area contributed by atoms with E-state index >= 15 is 0 Å². The first-order chi connectivity index (χ1) is 12.8. The lowest BCUT2D eigenvalue weighted by atomic mass is 9.79. The second-order valence-electron chi connectivity index (χ2n) is 10.2. The molecule has 0 saturated carbocycles. The van der Waals surface area contributed by atoms with Crippen LogP contribution in [0.3, 0.4) is 0 Å². The summed E-state index contributed by atoms with van der Waals surface area (Å²) in [6, 6.07) is 11.8. The van der Waals surface area contributed by atoms with Gasteiger partial charge in [-0.3, -0.25) is 9.80 Å². The van der Waals surface area contributed by atoms with Crippen molar-refractivity contribution in [1.29, 1.82) is 0 Å². The van der Waals surface area contributed by atoms with Gasteiger partial charge in [0.05, 0.1) is 0 Å². The van der Waals surface area contributed by atoms with Crippen LogP contribution >= 0.6 is 0 Å². The standard InChI is InChI=1S/C25H42N2/c1-17(2)24-13-12-21(15-26(24)18(3)4)14-20(7)25-23-11-9-8-10-22(23)16-27(25)19(5)6/h8-11,17-21,24-25H,12-16H2,1-7H3. The van der Waals surface area contributed by atoms with E-state index in [1.54, 1.807) is 11.1 Å². The van der Waals surface area contributed by atoms with E-state index < -0.39 is 0 Å². The molecular weight excluding hydrogens is 328 g/mol. The molecule has 2 aliphatic rings. The first kappa shape index (κ1) is 20.9. The number of fused-ring (bicyclic) bond motifs is 1. The van der Waals surface area contributed by atoms with Crippen molar-refractivity contribution in [3.63, 3.8) is 0 Å². The Hall–Kier alpha value is -0.860. The molecule has 0 spiro atoms. The number of hydrogen-bond acceptors (Lipinski definition) is 2. The Morgan fingerprint density at radius 2 is 1.56 bits per heavy atom. The Balaban J connectivity index is 1.72. The summed E-state index contributed by atoms with van der Waals surface area (Å²) in [5.41, 5.74) is 3.14. The fourth-order valence-corrected chi connectivity index (χ4v) is 5.83. The highest BCUT2D eigenvalue weighted by Crippen LogP contribution is 2.43. The van der Waals surface area contributed by atoms with E-state index in [9.17, 15) is 0 Å². The van der Waals surface area contributed by atoms with Crippen molar-refractivity contribution in [2.75, 3.05) is 6.54 Å². The molecule has 0 bridgehead atoms. The lowest BCUT2D eigenvalue weighted by Gasteiger charge is -2.45. The van der Waals surface area contributed by atoms with Crippen molar-refractivity contribution in [2.45, 2.75) is 98.4 Å². The molecule has 2 heteroatoms. The van der Waals surface area contributed by atoms with Gasteiger partial charge in [-0.15, -0.1) is 0 Å². The zero-order valence-corrected chi connectivity index (χ0v) is 18.8. The SMILES string of the molecule is CC(C)C1CCC(CC(C)C2c3ccccc3CN2C(C)C)CN1C(C)C. The van der Waals surface area contributed by atoms with Crippen molar-refractivity contribution in [2.24, 2.45) is 17.8 Å². The van der Waals surface area contributed by atoms with Gasteiger partial charge in [0.1, 0.15) is 0 Å². The first-order valence-electron chi connectivity index (χ1n) is 11.4. The van der Waals surface area contributed by atoms with Crippen LogP contribution in [0, 0.1) is 17.8 Å². The van der Waals surface area contributed by atoms with E-state index in [0.29, 0.717) is 24.0 Å². The Kier molecular flexibility index (Phi) is 6.69. The summed E-state index contributed by atoms with van der Waals surface area (Å²) >= 11 is 0. The summed E-state index contributed by atoms with van der Waals surface area (Å²) in [6.45, 7) is 19.2. The largest absolute Gasteiger partial charge is 0.297 e. The minimum absolute atomic E-state index is 0.594.